The van der Waals surface area contributed by atoms with E-state index in [2.05, 4.69) is 15.3 Å². The summed E-state index contributed by atoms with van der Waals surface area (Å²) in [7, 11) is 0. The quantitative estimate of drug-likeness (QED) is 0.767. The van der Waals surface area contributed by atoms with Crippen LogP contribution in [0.3, 0.4) is 0 Å². The number of amidine groups is 1. The Bertz CT molecular complexity index is 523. The van der Waals surface area contributed by atoms with Crippen LogP contribution in [0.25, 0.3) is 0 Å². The maximum absolute atomic E-state index is 11.9. The number of carbonyl (C=O) groups is 1. The van der Waals surface area contributed by atoms with Gasteiger partial charge in [0.2, 0.25) is 0 Å². The Labute approximate surface area is 121 Å². The molecule has 2 N–H and O–H groups in total. The van der Waals surface area contributed by atoms with Gasteiger partial charge in [0.05, 0.1) is 18.7 Å². The van der Waals surface area contributed by atoms with Crippen LogP contribution >= 0.6 is 11.3 Å². The lowest BCUT2D eigenvalue weighted by atomic mass is 10.1. The van der Waals surface area contributed by atoms with Crippen molar-refractivity contribution in [3.63, 3.8) is 0 Å². The second-order valence-electron chi connectivity index (χ2n) is 4.13. The minimum absolute atomic E-state index is 0.0744. The molecule has 1 aliphatic rings. The lowest BCUT2D eigenvalue weighted by Gasteiger charge is -2.20. The van der Waals surface area contributed by atoms with Crippen molar-refractivity contribution >= 4 is 23.1 Å². The number of hydrogen-bond acceptors (Lipinski definition) is 7. The number of aromatic nitrogens is 1. The molecule has 0 aromatic carbocycles. The molecule has 1 aliphatic heterocycles. The van der Waals surface area contributed by atoms with Crippen LogP contribution in [0, 0.1) is 0 Å². The van der Waals surface area contributed by atoms with E-state index in [9.17, 15) is 4.79 Å². The summed E-state index contributed by atoms with van der Waals surface area (Å²) in [6.45, 7) is 2.46. The fourth-order valence-corrected chi connectivity index (χ4v) is 2.45. The van der Waals surface area contributed by atoms with Gasteiger partial charge in [-0.25, -0.2) is 9.78 Å². The SMILES string of the molecule is CCOC(=O)C1=C(CCCO)NC(c2nccs2)=NC1. The van der Waals surface area contributed by atoms with Gasteiger partial charge in [0, 0.05) is 23.9 Å². The Morgan fingerprint density at radius 1 is 1.60 bits per heavy atom. The zero-order chi connectivity index (χ0) is 14.4. The number of aliphatic hydroxyl groups excluding tert-OH is 1. The predicted molar refractivity (Wildman–Crippen MR) is 76.6 cm³/mol. The van der Waals surface area contributed by atoms with Gasteiger partial charge in [0.25, 0.3) is 0 Å². The standard InChI is InChI=1S/C13H17N3O3S/c1-2-19-13(18)9-8-15-11(12-14-5-7-20-12)16-10(9)4-3-6-17/h5,7,17H,2-4,6,8H2,1H3,(H,15,16). The first kappa shape index (κ1) is 14.7. The molecule has 0 bridgehead atoms. The highest BCUT2D eigenvalue weighted by Gasteiger charge is 2.22. The Kier molecular flexibility index (Phi) is 5.25. The predicted octanol–water partition coefficient (Wildman–Crippen LogP) is 1.08. The average Bonchev–Trinajstić information content (AvgIpc) is 2.99. The number of thiazole rings is 1. The van der Waals surface area contributed by atoms with Crippen molar-refractivity contribution in [1.29, 1.82) is 0 Å². The van der Waals surface area contributed by atoms with Gasteiger partial charge in [-0.3, -0.25) is 4.99 Å². The van der Waals surface area contributed by atoms with Crippen molar-refractivity contribution in [1.82, 2.24) is 10.3 Å². The van der Waals surface area contributed by atoms with Crippen LogP contribution in [0.15, 0.2) is 27.8 Å². The molecular weight excluding hydrogens is 278 g/mol. The van der Waals surface area contributed by atoms with Gasteiger partial charge in [-0.2, -0.15) is 0 Å². The van der Waals surface area contributed by atoms with E-state index < -0.39 is 0 Å². The van der Waals surface area contributed by atoms with Gasteiger partial charge in [0.15, 0.2) is 10.8 Å². The van der Waals surface area contributed by atoms with Crippen LogP contribution in [-0.4, -0.2) is 41.7 Å². The lowest BCUT2D eigenvalue weighted by molar-refractivity contribution is -0.138. The van der Waals surface area contributed by atoms with Gasteiger partial charge >= 0.3 is 5.97 Å². The van der Waals surface area contributed by atoms with Crippen molar-refractivity contribution in [3.05, 3.63) is 27.9 Å². The zero-order valence-electron chi connectivity index (χ0n) is 11.3. The van der Waals surface area contributed by atoms with E-state index in [0.29, 0.717) is 30.9 Å². The molecule has 7 heteroatoms. The molecule has 0 atom stereocenters. The Morgan fingerprint density at radius 2 is 2.45 bits per heavy atom. The van der Waals surface area contributed by atoms with Gasteiger partial charge in [0.1, 0.15) is 0 Å². The number of allylic oxidation sites excluding steroid dienone is 1. The van der Waals surface area contributed by atoms with Crippen molar-refractivity contribution < 1.29 is 14.6 Å². The highest BCUT2D eigenvalue weighted by molar-refractivity contribution is 7.11. The Balaban J connectivity index is 2.17. The average molecular weight is 295 g/mol. The Morgan fingerprint density at radius 3 is 3.10 bits per heavy atom. The van der Waals surface area contributed by atoms with Crippen LogP contribution in [0.2, 0.25) is 0 Å². The molecule has 2 heterocycles. The number of esters is 1. The number of hydrogen-bond donors (Lipinski definition) is 2. The molecule has 0 spiro atoms. The van der Waals surface area contributed by atoms with E-state index in [4.69, 9.17) is 9.84 Å². The van der Waals surface area contributed by atoms with Crippen LogP contribution in [0.4, 0.5) is 0 Å². The molecule has 2 rings (SSSR count). The molecule has 0 fully saturated rings. The number of aliphatic imine (C=N–C) groups is 1. The summed E-state index contributed by atoms with van der Waals surface area (Å²) >= 11 is 1.48. The number of carbonyl (C=O) groups excluding carboxylic acids is 1. The highest BCUT2D eigenvalue weighted by atomic mass is 32.1. The molecule has 0 amide bonds. The molecule has 0 unspecified atom stereocenters. The van der Waals surface area contributed by atoms with Crippen molar-refractivity contribution in [2.45, 2.75) is 19.8 Å². The Hall–Kier alpha value is -1.73. The highest BCUT2D eigenvalue weighted by Crippen LogP contribution is 2.18. The van der Waals surface area contributed by atoms with E-state index in [1.165, 1.54) is 11.3 Å². The molecule has 6 nitrogen and oxygen atoms in total. The molecule has 0 saturated heterocycles. The smallest absolute Gasteiger partial charge is 0.337 e. The number of rotatable bonds is 6. The van der Waals surface area contributed by atoms with Crippen molar-refractivity contribution in [3.8, 4) is 0 Å². The third-order valence-electron chi connectivity index (χ3n) is 2.77. The number of nitrogens with zero attached hydrogens (tertiary/aromatic N) is 2. The van der Waals surface area contributed by atoms with Gasteiger partial charge in [-0.1, -0.05) is 0 Å². The fraction of sp³-hybridized carbons (Fsp3) is 0.462. The molecule has 0 aliphatic carbocycles. The summed E-state index contributed by atoms with van der Waals surface area (Å²) in [5.41, 5.74) is 1.29. The summed E-state index contributed by atoms with van der Waals surface area (Å²) in [5.74, 6) is 0.316. The number of aliphatic hydroxyl groups is 1. The fourth-order valence-electron chi connectivity index (χ4n) is 1.85. The first-order valence-electron chi connectivity index (χ1n) is 6.47. The van der Waals surface area contributed by atoms with Crippen LogP contribution in [0.5, 0.6) is 0 Å². The van der Waals surface area contributed by atoms with Crippen molar-refractivity contribution in [2.24, 2.45) is 4.99 Å². The largest absolute Gasteiger partial charge is 0.463 e. The van der Waals surface area contributed by atoms with E-state index in [1.807, 2.05) is 5.38 Å². The third kappa shape index (κ3) is 3.43. The maximum Gasteiger partial charge on any atom is 0.337 e. The van der Waals surface area contributed by atoms with Gasteiger partial charge in [-0.15, -0.1) is 11.3 Å². The van der Waals surface area contributed by atoms with Gasteiger partial charge in [-0.05, 0) is 19.8 Å². The van der Waals surface area contributed by atoms with E-state index in [-0.39, 0.29) is 19.1 Å². The number of ether oxygens (including phenoxy) is 1. The van der Waals surface area contributed by atoms with Crippen LogP contribution < -0.4 is 5.32 Å². The molecule has 20 heavy (non-hydrogen) atoms. The molecule has 1 aromatic rings. The van der Waals surface area contributed by atoms with E-state index in [0.717, 1.165) is 10.7 Å². The molecule has 0 radical (unpaired) electrons. The normalized spacial score (nSPS) is 14.8. The zero-order valence-corrected chi connectivity index (χ0v) is 12.1. The monoisotopic (exact) mass is 295 g/mol. The minimum Gasteiger partial charge on any atom is -0.463 e. The minimum atomic E-state index is -0.352. The molecule has 0 saturated carbocycles. The lowest BCUT2D eigenvalue weighted by Crippen LogP contribution is -2.32. The first-order chi connectivity index (χ1) is 9.76. The summed E-state index contributed by atoms with van der Waals surface area (Å²) < 4.78 is 5.04. The summed E-state index contributed by atoms with van der Waals surface area (Å²) in [5, 5.41) is 14.8. The summed E-state index contributed by atoms with van der Waals surface area (Å²) in [6, 6.07) is 0. The van der Waals surface area contributed by atoms with Crippen LogP contribution in [-0.2, 0) is 9.53 Å². The molecule has 108 valence electrons. The number of nitrogens with one attached hydrogen (secondary N) is 1. The molecule has 1 aromatic heterocycles. The third-order valence-corrected chi connectivity index (χ3v) is 3.55. The first-order valence-corrected chi connectivity index (χ1v) is 7.35. The van der Waals surface area contributed by atoms with Crippen molar-refractivity contribution in [2.75, 3.05) is 19.8 Å². The van der Waals surface area contributed by atoms with Gasteiger partial charge < -0.3 is 15.2 Å². The van der Waals surface area contributed by atoms with E-state index >= 15 is 0 Å². The summed E-state index contributed by atoms with van der Waals surface area (Å²) in [6.07, 6.45) is 2.87. The van der Waals surface area contributed by atoms with Crippen LogP contribution in [0.1, 0.15) is 24.8 Å². The maximum atomic E-state index is 11.9. The second kappa shape index (κ2) is 7.16. The topological polar surface area (TPSA) is 83.8 Å². The second-order valence-corrected chi connectivity index (χ2v) is 5.03. The summed E-state index contributed by atoms with van der Waals surface area (Å²) in [4.78, 5) is 20.4. The van der Waals surface area contributed by atoms with E-state index in [1.54, 1.807) is 13.1 Å². The molecular formula is C13H17N3O3S.